The van der Waals surface area contributed by atoms with Gasteiger partial charge in [-0.1, -0.05) is 19.1 Å². The maximum Gasteiger partial charge on any atom is 0.119 e. The van der Waals surface area contributed by atoms with Gasteiger partial charge in [0.25, 0.3) is 0 Å². The van der Waals surface area contributed by atoms with E-state index >= 15 is 0 Å². The molecule has 0 saturated heterocycles. The molecule has 1 rings (SSSR count). The van der Waals surface area contributed by atoms with Gasteiger partial charge in [-0.05, 0) is 30.5 Å². The van der Waals surface area contributed by atoms with Gasteiger partial charge in [-0.3, -0.25) is 0 Å². The highest BCUT2D eigenvalue weighted by Crippen LogP contribution is 2.14. The summed E-state index contributed by atoms with van der Waals surface area (Å²) in [6.07, 6.45) is 2.80. The lowest BCUT2D eigenvalue weighted by atomic mass is 10.0. The van der Waals surface area contributed by atoms with Gasteiger partial charge < -0.3 is 19.9 Å². The molecule has 1 unspecified atom stereocenters. The molecule has 2 N–H and O–H groups in total. The van der Waals surface area contributed by atoms with Crippen molar-refractivity contribution in [2.45, 2.75) is 32.2 Å². The van der Waals surface area contributed by atoms with E-state index in [0.29, 0.717) is 26.4 Å². The van der Waals surface area contributed by atoms with Crippen LogP contribution in [-0.2, 0) is 15.9 Å². The van der Waals surface area contributed by atoms with Gasteiger partial charge in [0, 0.05) is 26.2 Å². The molecule has 4 nitrogen and oxygen atoms in total. The van der Waals surface area contributed by atoms with E-state index in [9.17, 15) is 0 Å². The number of hydrogen-bond donors (Lipinski definition) is 1. The van der Waals surface area contributed by atoms with Crippen molar-refractivity contribution < 1.29 is 14.2 Å². The monoisotopic (exact) mass is 281 g/mol. The minimum Gasteiger partial charge on any atom is -0.494 e. The van der Waals surface area contributed by atoms with Crippen molar-refractivity contribution in [3.63, 3.8) is 0 Å². The van der Waals surface area contributed by atoms with Crippen LogP contribution in [0.5, 0.6) is 5.75 Å². The SMILES string of the molecule is CCC(N)Cc1ccc(OCCCOCCOC)cc1. The van der Waals surface area contributed by atoms with Crippen molar-refractivity contribution in [2.24, 2.45) is 5.73 Å². The van der Waals surface area contributed by atoms with E-state index in [2.05, 4.69) is 19.1 Å². The van der Waals surface area contributed by atoms with E-state index in [1.807, 2.05) is 12.1 Å². The highest BCUT2D eigenvalue weighted by Gasteiger charge is 2.01. The molecular formula is C16H27NO3. The van der Waals surface area contributed by atoms with Crippen LogP contribution in [0.25, 0.3) is 0 Å². The fraction of sp³-hybridized carbons (Fsp3) is 0.625. The van der Waals surface area contributed by atoms with Gasteiger partial charge in [0.2, 0.25) is 0 Å². The van der Waals surface area contributed by atoms with E-state index in [0.717, 1.165) is 25.0 Å². The molecule has 0 spiro atoms. The standard InChI is InChI=1S/C16H27NO3/c1-3-15(17)13-14-5-7-16(8-6-14)20-10-4-9-19-12-11-18-2/h5-8,15H,3-4,9-13,17H2,1-2H3. The molecule has 4 heteroatoms. The highest BCUT2D eigenvalue weighted by molar-refractivity contribution is 5.27. The number of methoxy groups -OCH3 is 1. The first-order valence-corrected chi connectivity index (χ1v) is 7.30. The molecule has 1 aromatic carbocycles. The molecule has 0 aliphatic heterocycles. The van der Waals surface area contributed by atoms with E-state index in [1.165, 1.54) is 5.56 Å². The Hall–Kier alpha value is -1.10. The summed E-state index contributed by atoms with van der Waals surface area (Å²) in [7, 11) is 1.67. The third-order valence-electron chi connectivity index (χ3n) is 3.08. The first-order chi connectivity index (χ1) is 9.76. The van der Waals surface area contributed by atoms with Crippen LogP contribution in [-0.4, -0.2) is 39.6 Å². The second kappa shape index (κ2) is 10.7. The summed E-state index contributed by atoms with van der Waals surface area (Å²) in [4.78, 5) is 0. The summed E-state index contributed by atoms with van der Waals surface area (Å²) in [5.74, 6) is 0.899. The van der Waals surface area contributed by atoms with Crippen molar-refractivity contribution in [1.29, 1.82) is 0 Å². The third kappa shape index (κ3) is 7.48. The zero-order valence-electron chi connectivity index (χ0n) is 12.6. The van der Waals surface area contributed by atoms with Crippen LogP contribution >= 0.6 is 0 Å². The summed E-state index contributed by atoms with van der Waals surface area (Å²) < 4.78 is 15.9. The predicted octanol–water partition coefficient (Wildman–Crippen LogP) is 2.40. The van der Waals surface area contributed by atoms with Gasteiger partial charge in [0.15, 0.2) is 0 Å². The number of ether oxygens (including phenoxy) is 3. The maximum absolute atomic E-state index is 5.94. The highest BCUT2D eigenvalue weighted by atomic mass is 16.5. The van der Waals surface area contributed by atoms with Gasteiger partial charge in [-0.15, -0.1) is 0 Å². The normalized spacial score (nSPS) is 12.3. The molecule has 0 radical (unpaired) electrons. The molecule has 0 bridgehead atoms. The predicted molar refractivity (Wildman–Crippen MR) is 81.2 cm³/mol. The molecule has 0 aliphatic rings. The minimum atomic E-state index is 0.242. The molecule has 114 valence electrons. The Balaban J connectivity index is 2.15. The lowest BCUT2D eigenvalue weighted by Crippen LogP contribution is -2.21. The van der Waals surface area contributed by atoms with Crippen LogP contribution < -0.4 is 10.5 Å². The molecule has 0 aromatic heterocycles. The summed E-state index contributed by atoms with van der Waals surface area (Å²) in [5, 5.41) is 0. The maximum atomic E-state index is 5.94. The third-order valence-corrected chi connectivity index (χ3v) is 3.08. The van der Waals surface area contributed by atoms with Gasteiger partial charge >= 0.3 is 0 Å². The first kappa shape index (κ1) is 17.0. The van der Waals surface area contributed by atoms with Crippen molar-refractivity contribution >= 4 is 0 Å². The smallest absolute Gasteiger partial charge is 0.119 e. The van der Waals surface area contributed by atoms with E-state index in [1.54, 1.807) is 7.11 Å². The van der Waals surface area contributed by atoms with Crippen molar-refractivity contribution in [3.8, 4) is 5.75 Å². The molecule has 0 amide bonds. The van der Waals surface area contributed by atoms with Gasteiger partial charge in [-0.25, -0.2) is 0 Å². The van der Waals surface area contributed by atoms with Gasteiger partial charge in [0.05, 0.1) is 19.8 Å². The van der Waals surface area contributed by atoms with E-state index in [-0.39, 0.29) is 6.04 Å². The van der Waals surface area contributed by atoms with Crippen LogP contribution in [0.1, 0.15) is 25.3 Å². The number of rotatable bonds is 11. The molecule has 0 heterocycles. The van der Waals surface area contributed by atoms with Crippen LogP contribution in [0.4, 0.5) is 0 Å². The Labute approximate surface area is 122 Å². The summed E-state index contributed by atoms with van der Waals surface area (Å²) in [6.45, 7) is 4.76. The fourth-order valence-electron chi connectivity index (χ4n) is 1.76. The lowest BCUT2D eigenvalue weighted by Gasteiger charge is -2.10. The summed E-state index contributed by atoms with van der Waals surface area (Å²) in [5.41, 5.74) is 7.20. The zero-order chi connectivity index (χ0) is 14.6. The van der Waals surface area contributed by atoms with E-state index < -0.39 is 0 Å². The van der Waals surface area contributed by atoms with Crippen LogP contribution in [0.15, 0.2) is 24.3 Å². The molecule has 0 aliphatic carbocycles. The number of nitrogens with two attached hydrogens (primary N) is 1. The molecule has 0 fully saturated rings. The van der Waals surface area contributed by atoms with Crippen LogP contribution in [0, 0.1) is 0 Å². The van der Waals surface area contributed by atoms with Crippen LogP contribution in [0.2, 0.25) is 0 Å². The average molecular weight is 281 g/mol. The Morgan fingerprint density at radius 2 is 1.80 bits per heavy atom. The van der Waals surface area contributed by atoms with Crippen LogP contribution in [0.3, 0.4) is 0 Å². The first-order valence-electron chi connectivity index (χ1n) is 7.30. The Morgan fingerprint density at radius 1 is 1.05 bits per heavy atom. The summed E-state index contributed by atoms with van der Waals surface area (Å²) >= 11 is 0. The molecule has 20 heavy (non-hydrogen) atoms. The molecular weight excluding hydrogens is 254 g/mol. The van der Waals surface area contributed by atoms with Crippen molar-refractivity contribution in [3.05, 3.63) is 29.8 Å². The minimum absolute atomic E-state index is 0.242. The second-order valence-corrected chi connectivity index (χ2v) is 4.82. The second-order valence-electron chi connectivity index (χ2n) is 4.82. The largest absolute Gasteiger partial charge is 0.494 e. The lowest BCUT2D eigenvalue weighted by molar-refractivity contribution is 0.0644. The Morgan fingerprint density at radius 3 is 2.45 bits per heavy atom. The average Bonchev–Trinajstić information content (AvgIpc) is 2.48. The van der Waals surface area contributed by atoms with Crippen molar-refractivity contribution in [2.75, 3.05) is 33.5 Å². The topological polar surface area (TPSA) is 53.7 Å². The number of benzene rings is 1. The van der Waals surface area contributed by atoms with Crippen molar-refractivity contribution in [1.82, 2.24) is 0 Å². The van der Waals surface area contributed by atoms with E-state index in [4.69, 9.17) is 19.9 Å². The quantitative estimate of drug-likeness (QED) is 0.633. The Bertz CT molecular complexity index is 340. The molecule has 1 aromatic rings. The fourth-order valence-corrected chi connectivity index (χ4v) is 1.76. The van der Waals surface area contributed by atoms with Gasteiger partial charge in [-0.2, -0.15) is 0 Å². The Kier molecular flexibility index (Phi) is 9.04. The molecule has 1 atom stereocenters. The zero-order valence-corrected chi connectivity index (χ0v) is 12.6. The number of hydrogen-bond acceptors (Lipinski definition) is 4. The summed E-state index contributed by atoms with van der Waals surface area (Å²) in [6, 6.07) is 8.42. The van der Waals surface area contributed by atoms with Gasteiger partial charge in [0.1, 0.15) is 5.75 Å². The molecule has 0 saturated carbocycles.